The predicted molar refractivity (Wildman–Crippen MR) is 76.8 cm³/mol. The van der Waals surface area contributed by atoms with E-state index in [4.69, 9.17) is 0 Å². The minimum absolute atomic E-state index is 0.0512. The predicted octanol–water partition coefficient (Wildman–Crippen LogP) is 0.450. The second-order valence-electron chi connectivity index (χ2n) is 5.09. The van der Waals surface area contributed by atoms with Gasteiger partial charge in [-0.15, -0.1) is 0 Å². The monoisotopic (exact) mass is 267 g/mol. The lowest BCUT2D eigenvalue weighted by Gasteiger charge is -2.02. The van der Waals surface area contributed by atoms with Crippen molar-refractivity contribution in [2.75, 3.05) is 0 Å². The van der Waals surface area contributed by atoms with Gasteiger partial charge in [-0.05, 0) is 49.6 Å². The molecule has 4 nitrogen and oxygen atoms in total. The van der Waals surface area contributed by atoms with Crippen molar-refractivity contribution in [2.24, 2.45) is 4.99 Å². The van der Waals surface area contributed by atoms with Crippen molar-refractivity contribution in [2.45, 2.75) is 20.8 Å². The van der Waals surface area contributed by atoms with E-state index < -0.39 is 16.6 Å². The summed E-state index contributed by atoms with van der Waals surface area (Å²) in [5.74, 6) is -0.464. The Morgan fingerprint density at radius 2 is 1.80 bits per heavy atom. The van der Waals surface area contributed by atoms with Crippen molar-refractivity contribution in [3.63, 3.8) is 0 Å². The number of allylic oxidation sites excluding steroid dienone is 1. The molecule has 4 heteroatoms. The van der Waals surface area contributed by atoms with Crippen LogP contribution in [0.3, 0.4) is 0 Å². The number of fused-ring (bicyclic) bond motifs is 1. The van der Waals surface area contributed by atoms with Gasteiger partial charge in [0.05, 0.1) is 16.6 Å². The van der Waals surface area contributed by atoms with Gasteiger partial charge in [0.15, 0.2) is 5.75 Å². The van der Waals surface area contributed by atoms with Crippen LogP contribution in [-0.4, -0.2) is 5.11 Å². The van der Waals surface area contributed by atoms with Crippen LogP contribution in [0.2, 0.25) is 0 Å². The molecule has 20 heavy (non-hydrogen) atoms. The van der Waals surface area contributed by atoms with Gasteiger partial charge in [-0.1, -0.05) is 6.07 Å². The molecule has 0 aliphatic carbocycles. The average molecular weight is 267 g/mol. The summed E-state index contributed by atoms with van der Waals surface area (Å²) >= 11 is 0. The SMILES string of the molecule is CC1=c2c(C)c(C)ccc2=NC1=Cc1c(O)c(=O)c1=O. The van der Waals surface area contributed by atoms with Gasteiger partial charge in [-0.25, -0.2) is 4.99 Å². The first-order valence-corrected chi connectivity index (χ1v) is 6.32. The van der Waals surface area contributed by atoms with E-state index in [-0.39, 0.29) is 5.56 Å². The Hall–Kier alpha value is -2.49. The summed E-state index contributed by atoms with van der Waals surface area (Å²) in [5, 5.41) is 11.3. The Morgan fingerprint density at radius 1 is 1.10 bits per heavy atom. The molecule has 1 aliphatic heterocycles. The lowest BCUT2D eigenvalue weighted by atomic mass is 10.0. The molecule has 1 N–H and O–H groups in total. The molecule has 1 heterocycles. The van der Waals surface area contributed by atoms with Crippen LogP contribution in [0.1, 0.15) is 23.6 Å². The fourth-order valence-electron chi connectivity index (χ4n) is 2.52. The highest BCUT2D eigenvalue weighted by molar-refractivity contribution is 5.77. The maximum atomic E-state index is 11.4. The van der Waals surface area contributed by atoms with Crippen molar-refractivity contribution < 1.29 is 5.11 Å². The zero-order valence-electron chi connectivity index (χ0n) is 11.4. The van der Waals surface area contributed by atoms with Crippen molar-refractivity contribution >= 4 is 11.6 Å². The van der Waals surface area contributed by atoms with E-state index in [1.165, 1.54) is 11.6 Å². The number of hydrogen-bond donors (Lipinski definition) is 1. The quantitative estimate of drug-likeness (QED) is 0.763. The van der Waals surface area contributed by atoms with Gasteiger partial charge in [0, 0.05) is 5.22 Å². The van der Waals surface area contributed by atoms with E-state index in [1.807, 2.05) is 32.9 Å². The summed E-state index contributed by atoms with van der Waals surface area (Å²) in [4.78, 5) is 26.9. The van der Waals surface area contributed by atoms with E-state index in [9.17, 15) is 14.7 Å². The first-order chi connectivity index (χ1) is 9.41. The molecule has 0 unspecified atom stereocenters. The van der Waals surface area contributed by atoms with Crippen molar-refractivity contribution in [3.8, 4) is 5.75 Å². The molecule has 100 valence electrons. The number of rotatable bonds is 1. The van der Waals surface area contributed by atoms with Gasteiger partial charge in [-0.3, -0.25) is 9.59 Å². The third-order valence-electron chi connectivity index (χ3n) is 3.92. The van der Waals surface area contributed by atoms with E-state index in [0.29, 0.717) is 5.70 Å². The lowest BCUT2D eigenvalue weighted by Crippen LogP contribution is -2.32. The summed E-state index contributed by atoms with van der Waals surface area (Å²) < 4.78 is 0. The molecule has 1 aliphatic rings. The molecule has 0 aromatic heterocycles. The standard InChI is InChI=1S/C16H13NO3/c1-7-4-5-11-13(8(7)2)9(3)12(17-11)6-10-14(18)16(20)15(10)19/h4-6,18H,1-3H3. The highest BCUT2D eigenvalue weighted by Gasteiger charge is 2.20. The minimum Gasteiger partial charge on any atom is -0.504 e. The Balaban J connectivity index is 2.27. The van der Waals surface area contributed by atoms with Crippen LogP contribution in [-0.2, 0) is 0 Å². The van der Waals surface area contributed by atoms with Crippen molar-refractivity contribution in [1.29, 1.82) is 0 Å². The lowest BCUT2D eigenvalue weighted by molar-refractivity contribution is 0.461. The molecule has 0 radical (unpaired) electrons. The summed E-state index contributed by atoms with van der Waals surface area (Å²) in [6.07, 6.45) is 1.49. The van der Waals surface area contributed by atoms with Gasteiger partial charge < -0.3 is 5.11 Å². The molecule has 0 spiro atoms. The minimum atomic E-state index is -0.822. The van der Waals surface area contributed by atoms with Crippen LogP contribution in [0.25, 0.3) is 11.6 Å². The smallest absolute Gasteiger partial charge is 0.268 e. The summed E-state index contributed by atoms with van der Waals surface area (Å²) in [5.41, 5.74) is 2.48. The highest BCUT2D eigenvalue weighted by Crippen LogP contribution is 2.20. The van der Waals surface area contributed by atoms with Gasteiger partial charge >= 0.3 is 0 Å². The number of aromatic hydroxyl groups is 1. The first-order valence-electron chi connectivity index (χ1n) is 6.32. The van der Waals surface area contributed by atoms with E-state index in [2.05, 4.69) is 4.99 Å². The molecule has 0 saturated carbocycles. The largest absolute Gasteiger partial charge is 0.504 e. The zero-order chi connectivity index (χ0) is 14.6. The topological polar surface area (TPSA) is 66.7 Å². The van der Waals surface area contributed by atoms with Gasteiger partial charge in [0.1, 0.15) is 0 Å². The number of benzene rings is 1. The van der Waals surface area contributed by atoms with Crippen LogP contribution in [0.5, 0.6) is 5.75 Å². The Morgan fingerprint density at radius 3 is 2.45 bits per heavy atom. The maximum Gasteiger partial charge on any atom is 0.268 e. The third-order valence-corrected chi connectivity index (χ3v) is 3.92. The molecular formula is C16H13NO3. The molecule has 0 amide bonds. The molecule has 0 atom stereocenters. The third kappa shape index (κ3) is 1.51. The molecular weight excluding hydrogens is 254 g/mol. The fraction of sp³-hybridized carbons (Fsp3) is 0.188. The first kappa shape index (κ1) is 12.5. The van der Waals surface area contributed by atoms with Gasteiger partial charge in [0.2, 0.25) is 5.43 Å². The summed E-state index contributed by atoms with van der Waals surface area (Å²) in [6.45, 7) is 5.99. The summed E-state index contributed by atoms with van der Waals surface area (Å²) in [7, 11) is 0. The second kappa shape index (κ2) is 4.00. The maximum absolute atomic E-state index is 11.4. The molecule has 0 bridgehead atoms. The zero-order valence-corrected chi connectivity index (χ0v) is 11.4. The molecule has 0 saturated heterocycles. The van der Waals surface area contributed by atoms with E-state index >= 15 is 0 Å². The summed E-state index contributed by atoms with van der Waals surface area (Å²) in [6, 6.07) is 3.94. The van der Waals surface area contributed by atoms with E-state index in [1.54, 1.807) is 0 Å². The van der Waals surface area contributed by atoms with Crippen molar-refractivity contribution in [3.05, 3.63) is 65.5 Å². The van der Waals surface area contributed by atoms with Crippen LogP contribution in [0.4, 0.5) is 0 Å². The second-order valence-corrected chi connectivity index (χ2v) is 5.09. The molecule has 2 aromatic rings. The average Bonchev–Trinajstić information content (AvgIpc) is 2.76. The fourth-order valence-corrected chi connectivity index (χ4v) is 2.52. The van der Waals surface area contributed by atoms with E-state index in [0.717, 1.165) is 21.7 Å². The normalized spacial score (nSPS) is 15.8. The van der Waals surface area contributed by atoms with Crippen LogP contribution >= 0.6 is 0 Å². The van der Waals surface area contributed by atoms with Crippen LogP contribution in [0.15, 0.2) is 32.4 Å². The van der Waals surface area contributed by atoms with Crippen LogP contribution in [0, 0.1) is 13.8 Å². The Kier molecular flexibility index (Phi) is 2.51. The highest BCUT2D eigenvalue weighted by atomic mass is 16.3. The van der Waals surface area contributed by atoms with Gasteiger partial charge in [-0.2, -0.15) is 0 Å². The number of aryl methyl sites for hydroxylation is 1. The molecule has 3 rings (SSSR count). The van der Waals surface area contributed by atoms with Gasteiger partial charge in [0.25, 0.3) is 5.43 Å². The molecule has 2 aromatic carbocycles. The number of hydrogen-bond acceptors (Lipinski definition) is 4. The Bertz CT molecular complexity index is 971. The van der Waals surface area contributed by atoms with Crippen molar-refractivity contribution in [1.82, 2.24) is 0 Å². The molecule has 0 fully saturated rings. The number of nitrogens with zero attached hydrogens (tertiary/aromatic N) is 1. The van der Waals surface area contributed by atoms with Crippen LogP contribution < -0.4 is 21.4 Å². The Labute approximate surface area is 114 Å².